The third kappa shape index (κ3) is 4.07. The maximum absolute atomic E-state index is 14.7. The number of benzene rings is 2. The van der Waals surface area contributed by atoms with E-state index in [0.29, 0.717) is 49.0 Å². The summed E-state index contributed by atoms with van der Waals surface area (Å²) in [6.45, 7) is 2.00. The second-order valence-electron chi connectivity index (χ2n) is 6.90. The van der Waals surface area contributed by atoms with Crippen LogP contribution in [0.25, 0.3) is 11.1 Å². The number of piperazine rings is 1. The smallest absolute Gasteiger partial charge is 0.256 e. The van der Waals surface area contributed by atoms with Crippen molar-refractivity contribution >= 4 is 11.7 Å². The van der Waals surface area contributed by atoms with Crippen LogP contribution < -0.4 is 9.64 Å². The average molecular weight is 410 g/mol. The normalized spacial score (nSPS) is 14.0. The number of carbonyl (C=O) groups excluding carboxylic acids is 1. The highest BCUT2D eigenvalue weighted by molar-refractivity contribution is 5.95. The standard InChI is InChI=1S/C22H20F2N4O2/c1-30-21-14-25-13-20(26-21)27-8-10-28(11-9-27)22(29)18-7-4-16(12-19(18)24)15-2-5-17(23)6-3-15/h2-7,12-14H,8-11H2,1H3. The summed E-state index contributed by atoms with van der Waals surface area (Å²) in [5, 5.41) is 0. The van der Waals surface area contributed by atoms with E-state index in [1.54, 1.807) is 29.3 Å². The van der Waals surface area contributed by atoms with Gasteiger partial charge in [-0.15, -0.1) is 0 Å². The summed E-state index contributed by atoms with van der Waals surface area (Å²) >= 11 is 0. The highest BCUT2D eigenvalue weighted by Gasteiger charge is 2.25. The number of rotatable bonds is 4. The van der Waals surface area contributed by atoms with Gasteiger partial charge in [0.05, 0.1) is 25.1 Å². The lowest BCUT2D eigenvalue weighted by atomic mass is 10.0. The highest BCUT2D eigenvalue weighted by atomic mass is 19.1. The van der Waals surface area contributed by atoms with Gasteiger partial charge in [-0.1, -0.05) is 18.2 Å². The van der Waals surface area contributed by atoms with E-state index in [0.717, 1.165) is 0 Å². The molecule has 0 radical (unpaired) electrons. The van der Waals surface area contributed by atoms with Crippen LogP contribution in [0, 0.1) is 11.6 Å². The molecule has 0 unspecified atom stereocenters. The van der Waals surface area contributed by atoms with Gasteiger partial charge in [-0.05, 0) is 35.4 Å². The summed E-state index contributed by atoms with van der Waals surface area (Å²) in [6, 6.07) is 10.3. The topological polar surface area (TPSA) is 58.6 Å². The molecule has 6 nitrogen and oxygen atoms in total. The molecule has 3 aromatic rings. The highest BCUT2D eigenvalue weighted by Crippen LogP contribution is 2.24. The Labute approximate surface area is 172 Å². The maximum Gasteiger partial charge on any atom is 0.256 e. The third-order valence-corrected chi connectivity index (χ3v) is 5.08. The van der Waals surface area contributed by atoms with Crippen molar-refractivity contribution in [1.82, 2.24) is 14.9 Å². The number of nitrogens with zero attached hydrogens (tertiary/aromatic N) is 4. The lowest BCUT2D eigenvalue weighted by molar-refractivity contribution is 0.0741. The van der Waals surface area contributed by atoms with Gasteiger partial charge in [-0.3, -0.25) is 9.78 Å². The molecule has 0 N–H and O–H groups in total. The van der Waals surface area contributed by atoms with Crippen molar-refractivity contribution < 1.29 is 18.3 Å². The average Bonchev–Trinajstić information content (AvgIpc) is 2.79. The van der Waals surface area contributed by atoms with Crippen LogP contribution in [-0.2, 0) is 0 Å². The lowest BCUT2D eigenvalue weighted by Crippen LogP contribution is -2.49. The first-order valence-electron chi connectivity index (χ1n) is 9.51. The Morgan fingerprint density at radius 1 is 0.967 bits per heavy atom. The summed E-state index contributed by atoms with van der Waals surface area (Å²) in [6.07, 6.45) is 3.18. The Kier molecular flexibility index (Phi) is 5.56. The van der Waals surface area contributed by atoms with Gasteiger partial charge < -0.3 is 14.5 Å². The van der Waals surface area contributed by atoms with Crippen LogP contribution in [0.3, 0.4) is 0 Å². The molecule has 1 saturated heterocycles. The number of ether oxygens (including phenoxy) is 1. The Balaban J connectivity index is 1.44. The Morgan fingerprint density at radius 2 is 1.67 bits per heavy atom. The molecule has 30 heavy (non-hydrogen) atoms. The van der Waals surface area contributed by atoms with Gasteiger partial charge in [-0.2, -0.15) is 4.98 Å². The second-order valence-corrected chi connectivity index (χ2v) is 6.90. The van der Waals surface area contributed by atoms with Gasteiger partial charge in [0, 0.05) is 26.2 Å². The minimum absolute atomic E-state index is 0.0236. The number of hydrogen-bond donors (Lipinski definition) is 0. The predicted molar refractivity (Wildman–Crippen MR) is 108 cm³/mol. The molecule has 1 fully saturated rings. The number of hydrogen-bond acceptors (Lipinski definition) is 5. The molecule has 2 aromatic carbocycles. The van der Waals surface area contributed by atoms with E-state index in [2.05, 4.69) is 9.97 Å². The van der Waals surface area contributed by atoms with Crippen molar-refractivity contribution in [2.75, 3.05) is 38.2 Å². The fourth-order valence-corrected chi connectivity index (χ4v) is 3.41. The number of aromatic nitrogens is 2. The van der Waals surface area contributed by atoms with Crippen LogP contribution in [0.4, 0.5) is 14.6 Å². The number of methoxy groups -OCH3 is 1. The monoisotopic (exact) mass is 410 g/mol. The van der Waals surface area contributed by atoms with Crippen LogP contribution in [0.1, 0.15) is 10.4 Å². The molecule has 1 amide bonds. The van der Waals surface area contributed by atoms with Crippen LogP contribution in [0.2, 0.25) is 0 Å². The zero-order chi connectivity index (χ0) is 21.1. The zero-order valence-electron chi connectivity index (χ0n) is 16.4. The molecule has 0 atom stereocenters. The molecule has 0 spiro atoms. The molecule has 1 aromatic heterocycles. The molecule has 1 aliphatic heterocycles. The van der Waals surface area contributed by atoms with Crippen molar-refractivity contribution in [3.63, 3.8) is 0 Å². The van der Waals surface area contributed by atoms with Crippen molar-refractivity contribution in [3.05, 3.63) is 72.1 Å². The molecule has 0 aliphatic carbocycles. The molecule has 0 saturated carbocycles. The third-order valence-electron chi connectivity index (χ3n) is 5.08. The summed E-state index contributed by atoms with van der Waals surface area (Å²) in [7, 11) is 1.53. The van der Waals surface area contributed by atoms with Crippen LogP contribution >= 0.6 is 0 Å². The van der Waals surface area contributed by atoms with E-state index in [1.807, 2.05) is 4.90 Å². The number of halogens is 2. The van der Waals surface area contributed by atoms with Crippen molar-refractivity contribution in [3.8, 4) is 17.0 Å². The van der Waals surface area contributed by atoms with Crippen LogP contribution in [-0.4, -0.2) is 54.1 Å². The first kappa shape index (κ1) is 19.8. The van der Waals surface area contributed by atoms with E-state index in [1.165, 1.54) is 37.6 Å². The van der Waals surface area contributed by atoms with Gasteiger partial charge in [0.15, 0.2) is 5.82 Å². The molecular formula is C22H20F2N4O2. The molecule has 1 aliphatic rings. The van der Waals surface area contributed by atoms with Gasteiger partial charge in [0.2, 0.25) is 5.88 Å². The number of carbonyl (C=O) groups is 1. The van der Waals surface area contributed by atoms with Gasteiger partial charge >= 0.3 is 0 Å². The number of anilines is 1. The molecule has 0 bridgehead atoms. The first-order valence-corrected chi connectivity index (χ1v) is 9.51. The van der Waals surface area contributed by atoms with E-state index in [9.17, 15) is 13.6 Å². The minimum atomic E-state index is -0.595. The van der Waals surface area contributed by atoms with E-state index in [4.69, 9.17) is 4.74 Å². The lowest BCUT2D eigenvalue weighted by Gasteiger charge is -2.35. The van der Waals surface area contributed by atoms with Gasteiger partial charge in [0.25, 0.3) is 5.91 Å². The molecular weight excluding hydrogens is 390 g/mol. The second kappa shape index (κ2) is 8.44. The fraction of sp³-hybridized carbons (Fsp3) is 0.227. The fourth-order valence-electron chi connectivity index (χ4n) is 3.41. The van der Waals surface area contributed by atoms with Crippen molar-refractivity contribution in [2.24, 2.45) is 0 Å². The molecule has 8 heteroatoms. The van der Waals surface area contributed by atoms with Gasteiger partial charge in [-0.25, -0.2) is 8.78 Å². The maximum atomic E-state index is 14.7. The van der Waals surface area contributed by atoms with Crippen LogP contribution in [0.5, 0.6) is 5.88 Å². The SMILES string of the molecule is COc1cncc(N2CCN(C(=O)c3ccc(-c4ccc(F)cc4)cc3F)CC2)n1. The van der Waals surface area contributed by atoms with E-state index in [-0.39, 0.29) is 17.3 Å². The molecule has 2 heterocycles. The first-order chi connectivity index (χ1) is 14.5. The van der Waals surface area contributed by atoms with Gasteiger partial charge in [0.1, 0.15) is 11.6 Å². The van der Waals surface area contributed by atoms with E-state index < -0.39 is 5.82 Å². The number of amides is 1. The summed E-state index contributed by atoms with van der Waals surface area (Å²) in [5.41, 5.74) is 1.29. The quantitative estimate of drug-likeness (QED) is 0.660. The summed E-state index contributed by atoms with van der Waals surface area (Å²) in [4.78, 5) is 24.9. The zero-order valence-corrected chi connectivity index (χ0v) is 16.4. The van der Waals surface area contributed by atoms with Crippen molar-refractivity contribution in [2.45, 2.75) is 0 Å². The Hall–Kier alpha value is -3.55. The summed E-state index contributed by atoms with van der Waals surface area (Å²) < 4.78 is 32.9. The minimum Gasteiger partial charge on any atom is -0.480 e. The Bertz CT molecular complexity index is 1050. The summed E-state index contributed by atoms with van der Waals surface area (Å²) in [5.74, 6) is -0.201. The Morgan fingerprint density at radius 3 is 2.33 bits per heavy atom. The molecule has 4 rings (SSSR count). The largest absolute Gasteiger partial charge is 0.480 e. The molecule has 154 valence electrons. The van der Waals surface area contributed by atoms with Crippen LogP contribution in [0.15, 0.2) is 54.9 Å². The van der Waals surface area contributed by atoms with E-state index >= 15 is 0 Å². The van der Waals surface area contributed by atoms with Crippen molar-refractivity contribution in [1.29, 1.82) is 0 Å². The predicted octanol–water partition coefficient (Wildman–Crippen LogP) is 3.39.